The zero-order valence-electron chi connectivity index (χ0n) is 20.3. The van der Waals surface area contributed by atoms with Crippen molar-refractivity contribution in [3.05, 3.63) is 88.4 Å². The third-order valence-corrected chi connectivity index (χ3v) is 6.22. The van der Waals surface area contributed by atoms with E-state index in [4.69, 9.17) is 0 Å². The van der Waals surface area contributed by atoms with E-state index in [0.717, 1.165) is 13.8 Å². The van der Waals surface area contributed by atoms with Crippen LogP contribution in [-0.4, -0.2) is 36.2 Å². The number of nitriles is 3. The van der Waals surface area contributed by atoms with Crippen molar-refractivity contribution in [3.8, 4) is 18.2 Å². The second-order valence-corrected chi connectivity index (χ2v) is 8.41. The van der Waals surface area contributed by atoms with E-state index < -0.39 is 59.1 Å². The maximum absolute atomic E-state index is 14.4. The Bertz CT molecular complexity index is 1960. The number of aromatic nitrogens is 6. The van der Waals surface area contributed by atoms with E-state index in [9.17, 15) is 42.1 Å². The largest absolute Gasteiger partial charge is 1.00 e. The van der Waals surface area contributed by atoms with E-state index in [1.54, 1.807) is 18.2 Å². The Morgan fingerprint density at radius 3 is 0.976 bits per heavy atom. The Balaban J connectivity index is 0.00000337. The number of halogens is 6. The van der Waals surface area contributed by atoms with Crippen molar-refractivity contribution in [2.45, 2.75) is 0 Å². The normalized spacial score (nSPS) is 11.1. The minimum Gasteiger partial charge on any atom is -0.417 e. The summed E-state index contributed by atoms with van der Waals surface area (Å²) in [6, 6.07) is 9.39. The summed E-state index contributed by atoms with van der Waals surface area (Å²) >= 11 is 0. The molecule has 3 heterocycles. The predicted octanol–water partition coefficient (Wildman–Crippen LogP) is 1.12. The van der Waals surface area contributed by atoms with Crippen molar-refractivity contribution in [1.82, 2.24) is 29.1 Å². The van der Waals surface area contributed by atoms with Crippen LogP contribution in [0.4, 0.5) is 26.3 Å². The number of benzene rings is 3. The molecule has 1 radical (unpaired) electrons. The zero-order valence-corrected chi connectivity index (χ0v) is 20.3. The molecule has 3 aromatic heterocycles. The van der Waals surface area contributed by atoms with Gasteiger partial charge in [0, 0.05) is 32.7 Å². The van der Waals surface area contributed by atoms with Crippen molar-refractivity contribution in [1.29, 1.82) is 15.8 Å². The quantitative estimate of drug-likeness (QED) is 0.240. The molecule has 0 bridgehead atoms. The maximum atomic E-state index is 14.4. The summed E-state index contributed by atoms with van der Waals surface area (Å²) < 4.78 is 88.3. The molecule has 6 aromatic rings. The maximum Gasteiger partial charge on any atom is 1.00 e. The summed E-state index contributed by atoms with van der Waals surface area (Å²) in [5, 5.41) is 40.7. The van der Waals surface area contributed by atoms with Crippen LogP contribution >= 0.6 is 0 Å². The van der Waals surface area contributed by atoms with E-state index in [1.165, 1.54) is 0 Å². The topological polar surface area (TPSA) is 125 Å². The van der Waals surface area contributed by atoms with Crippen molar-refractivity contribution in [2.75, 3.05) is 0 Å². The van der Waals surface area contributed by atoms with Crippen molar-refractivity contribution < 1.29 is 45.2 Å². The summed E-state index contributed by atoms with van der Waals surface area (Å²) in [5.74, 6) is -7.94. The molecular weight excluding hydrogens is 546 g/mol. The van der Waals surface area contributed by atoms with Gasteiger partial charge in [-0.05, 0) is 36.4 Å². The first-order valence-corrected chi connectivity index (χ1v) is 11.0. The smallest absolute Gasteiger partial charge is 0.417 e. The molecule has 3 aromatic carbocycles. The molecule has 0 saturated carbocycles. The number of hydrogen-bond donors (Lipinski definition) is 0. The van der Waals surface area contributed by atoms with Gasteiger partial charge in [-0.15, -0.1) is 0 Å². The third kappa shape index (κ3) is 3.99. The van der Waals surface area contributed by atoms with Gasteiger partial charge in [0.15, 0.2) is 52.0 Å². The Morgan fingerprint density at radius 2 is 0.732 bits per heavy atom. The average Bonchev–Trinajstić information content (AvgIpc) is 3.57. The average molecular weight is 552 g/mol. The summed E-state index contributed by atoms with van der Waals surface area (Å²) in [6.07, 6.45) is 0. The van der Waals surface area contributed by atoms with Gasteiger partial charge >= 0.3 is 18.9 Å². The molecule has 0 saturated heterocycles. The van der Waals surface area contributed by atoms with Gasteiger partial charge < -0.3 is 13.8 Å². The van der Waals surface area contributed by atoms with Crippen molar-refractivity contribution >= 4 is 39.8 Å². The van der Waals surface area contributed by atoms with Crippen molar-refractivity contribution in [3.63, 3.8) is 0 Å². The Kier molecular flexibility index (Phi) is 6.51. The van der Waals surface area contributed by atoms with Crippen LogP contribution in [0.25, 0.3) is 32.7 Å². The van der Waals surface area contributed by atoms with Crippen LogP contribution in [0, 0.1) is 68.9 Å². The number of fused-ring (bicyclic) bond motifs is 3. The third-order valence-electron chi connectivity index (χ3n) is 6.22. The second kappa shape index (κ2) is 9.76. The van der Waals surface area contributed by atoms with Crippen molar-refractivity contribution in [2.24, 2.45) is 0 Å². The fourth-order valence-corrected chi connectivity index (χ4v) is 4.48. The summed E-state index contributed by atoms with van der Waals surface area (Å²) in [5.41, 5.74) is -1.88. The Labute approximate surface area is 236 Å². The van der Waals surface area contributed by atoms with Gasteiger partial charge in [0.05, 0.1) is 0 Å². The van der Waals surface area contributed by atoms with Crippen LogP contribution in [0.1, 0.15) is 17.1 Å². The van der Waals surface area contributed by atoms with Gasteiger partial charge in [-0.25, -0.2) is 41.6 Å². The predicted molar refractivity (Wildman–Crippen MR) is 125 cm³/mol. The number of hydrogen-bond acceptors (Lipinski definition) is 6. The van der Waals surface area contributed by atoms with Crippen LogP contribution in [0.3, 0.4) is 0 Å². The van der Waals surface area contributed by atoms with Crippen LogP contribution in [0.2, 0.25) is 0 Å². The first kappa shape index (κ1) is 27.4. The van der Waals surface area contributed by atoms with Gasteiger partial charge in [-0.3, -0.25) is 0 Å². The molecule has 0 N–H and O–H groups in total. The molecular formula is C24H6BF6LiN9. The second-order valence-electron chi connectivity index (χ2n) is 8.41. The molecule has 41 heavy (non-hydrogen) atoms. The fraction of sp³-hybridized carbons (Fsp3) is 0. The molecule has 0 fully saturated rings. The fourth-order valence-electron chi connectivity index (χ4n) is 4.48. The summed E-state index contributed by atoms with van der Waals surface area (Å²) in [4.78, 5) is 0. The molecule has 0 unspecified atom stereocenters. The van der Waals surface area contributed by atoms with Gasteiger partial charge in [-0.2, -0.15) is 15.8 Å². The number of nitrogens with zero attached hydrogens (tertiary/aromatic N) is 9. The first-order valence-electron chi connectivity index (χ1n) is 11.0. The van der Waals surface area contributed by atoms with E-state index in [2.05, 4.69) is 15.3 Å². The standard InChI is InChI=1S/C24H6BF6N9.Li/c26-13-1-10-19(7-32)35-38(22(10)4-16(13)29)25(39-23-5-17(30)14(27)2-11(23)20(8-33)36-39)40-24-6-18(31)15(28)3-12(24)21(9-34)37-40;/h1-6H;/q-1;+1. The van der Waals surface area contributed by atoms with Gasteiger partial charge in [0.1, 0.15) is 18.2 Å². The van der Waals surface area contributed by atoms with Crippen LogP contribution in [-0.2, 0) is 0 Å². The van der Waals surface area contributed by atoms with E-state index >= 15 is 0 Å². The molecule has 0 atom stereocenters. The molecule has 0 aliphatic heterocycles. The van der Waals surface area contributed by atoms with E-state index in [1.807, 2.05) is 0 Å². The Hall–Kier alpha value is -5.22. The summed E-state index contributed by atoms with van der Waals surface area (Å²) in [7, 11) is -1.72. The molecule has 0 amide bonds. The molecule has 0 aliphatic carbocycles. The Morgan fingerprint density at radius 1 is 0.488 bits per heavy atom. The zero-order chi connectivity index (χ0) is 28.5. The van der Waals surface area contributed by atoms with Gasteiger partial charge in [0.25, 0.3) is 7.12 Å². The molecule has 0 spiro atoms. The van der Waals surface area contributed by atoms with Gasteiger partial charge in [0.2, 0.25) is 0 Å². The van der Waals surface area contributed by atoms with Gasteiger partial charge in [-0.1, -0.05) is 0 Å². The summed E-state index contributed by atoms with van der Waals surface area (Å²) in [6.45, 7) is 0. The molecule has 193 valence electrons. The monoisotopic (exact) mass is 552 g/mol. The number of rotatable bonds is 3. The minimum atomic E-state index is -1.72. The molecule has 9 nitrogen and oxygen atoms in total. The van der Waals surface area contributed by atoms with E-state index in [0.29, 0.717) is 36.4 Å². The van der Waals surface area contributed by atoms with Crippen LogP contribution in [0.15, 0.2) is 36.4 Å². The van der Waals surface area contributed by atoms with Crippen LogP contribution in [0.5, 0.6) is 0 Å². The van der Waals surface area contributed by atoms with E-state index in [-0.39, 0.29) is 51.6 Å². The van der Waals surface area contributed by atoms with Crippen LogP contribution < -0.4 is 18.9 Å². The first-order chi connectivity index (χ1) is 19.2. The molecule has 17 heteroatoms. The molecule has 0 aliphatic rings. The molecule has 6 rings (SSSR count). The minimum absolute atomic E-state index is 0. The SMILES string of the molecule is N#Cc1nn([B-](n2nc(C#N)c3cc(F)c(F)cc32)n2nc(C#N)c3cc(F)c(F)cc32)c2cc(F)c(F)cc12.[Li+].